The van der Waals surface area contributed by atoms with Crippen molar-refractivity contribution in [3.8, 4) is 0 Å². The molecule has 1 aromatic carbocycles. The predicted octanol–water partition coefficient (Wildman–Crippen LogP) is 3.04. The van der Waals surface area contributed by atoms with Crippen molar-refractivity contribution in [3.05, 3.63) is 52.5 Å². The molecule has 0 fully saturated rings. The van der Waals surface area contributed by atoms with Crippen LogP contribution < -0.4 is 5.32 Å². The fourth-order valence-corrected chi connectivity index (χ4v) is 2.79. The minimum absolute atomic E-state index is 0.0105. The molecule has 3 aromatic rings. The van der Waals surface area contributed by atoms with Crippen LogP contribution in [0.1, 0.15) is 24.4 Å². The van der Waals surface area contributed by atoms with Crippen molar-refractivity contribution < 1.29 is 4.79 Å². The normalized spacial score (nSPS) is 12.4. The highest BCUT2D eigenvalue weighted by molar-refractivity contribution is 7.07. The number of aromatic nitrogens is 2. The van der Waals surface area contributed by atoms with Crippen LogP contribution in [0, 0.1) is 0 Å². The molecule has 2 N–H and O–H groups in total. The third-order valence-electron chi connectivity index (χ3n) is 3.14. The maximum Gasteiger partial charge on any atom is 0.225 e. The van der Waals surface area contributed by atoms with Gasteiger partial charge in [0.25, 0.3) is 0 Å². The second-order valence-corrected chi connectivity index (χ2v) is 5.52. The number of para-hydroxylation sites is 2. The molecule has 20 heavy (non-hydrogen) atoms. The molecule has 0 aliphatic rings. The third-order valence-corrected chi connectivity index (χ3v) is 3.87. The number of benzene rings is 1. The standard InChI is InChI=1S/C15H15N3OS/c1-10(16-14(19)8-11-6-7-20-9-11)15-17-12-4-2-3-5-13(12)18-15/h2-7,9-10H,8H2,1H3,(H,16,19)(H,17,18). The molecule has 0 spiro atoms. The third kappa shape index (κ3) is 2.72. The highest BCUT2D eigenvalue weighted by Crippen LogP contribution is 2.15. The van der Waals surface area contributed by atoms with E-state index in [0.29, 0.717) is 6.42 Å². The summed E-state index contributed by atoms with van der Waals surface area (Å²) in [6.45, 7) is 1.93. The Bertz CT molecular complexity index is 685. The SMILES string of the molecule is CC(NC(=O)Cc1ccsc1)c1nc2ccccc2[nH]1. The number of H-pyrrole nitrogens is 1. The van der Waals surface area contributed by atoms with Gasteiger partial charge in [0, 0.05) is 0 Å². The summed E-state index contributed by atoms with van der Waals surface area (Å²) >= 11 is 1.60. The number of rotatable bonds is 4. The average molecular weight is 285 g/mol. The number of carbonyl (C=O) groups excluding carboxylic acids is 1. The van der Waals surface area contributed by atoms with Crippen LogP contribution in [0.3, 0.4) is 0 Å². The van der Waals surface area contributed by atoms with Gasteiger partial charge in [-0.3, -0.25) is 4.79 Å². The molecule has 102 valence electrons. The molecule has 0 saturated carbocycles. The summed E-state index contributed by atoms with van der Waals surface area (Å²) in [4.78, 5) is 19.7. The molecule has 0 radical (unpaired) electrons. The Kier molecular flexibility index (Phi) is 3.52. The zero-order valence-electron chi connectivity index (χ0n) is 11.1. The molecule has 1 amide bonds. The fourth-order valence-electron chi connectivity index (χ4n) is 2.12. The van der Waals surface area contributed by atoms with Crippen LogP contribution in [0.2, 0.25) is 0 Å². The second-order valence-electron chi connectivity index (χ2n) is 4.74. The number of hydrogen-bond donors (Lipinski definition) is 2. The Hall–Kier alpha value is -2.14. The summed E-state index contributed by atoms with van der Waals surface area (Å²) in [5.74, 6) is 0.793. The minimum Gasteiger partial charge on any atom is -0.346 e. The number of aromatic amines is 1. The molecule has 2 heterocycles. The Morgan fingerprint density at radius 3 is 3.00 bits per heavy atom. The number of carbonyl (C=O) groups is 1. The van der Waals surface area contributed by atoms with Gasteiger partial charge >= 0.3 is 0 Å². The van der Waals surface area contributed by atoms with E-state index in [0.717, 1.165) is 22.4 Å². The van der Waals surface area contributed by atoms with Gasteiger partial charge in [-0.05, 0) is 41.4 Å². The number of nitrogens with one attached hydrogen (secondary N) is 2. The van der Waals surface area contributed by atoms with Gasteiger partial charge in [0.1, 0.15) is 5.82 Å². The first-order chi connectivity index (χ1) is 9.72. The molecule has 5 heteroatoms. The zero-order chi connectivity index (χ0) is 13.9. The number of amides is 1. The topological polar surface area (TPSA) is 57.8 Å². The lowest BCUT2D eigenvalue weighted by Gasteiger charge is -2.10. The van der Waals surface area contributed by atoms with Gasteiger partial charge in [0.05, 0.1) is 23.5 Å². The van der Waals surface area contributed by atoms with Gasteiger partial charge < -0.3 is 10.3 Å². The van der Waals surface area contributed by atoms with E-state index in [4.69, 9.17) is 0 Å². The molecule has 1 atom stereocenters. The van der Waals surface area contributed by atoms with Crippen molar-refractivity contribution in [2.24, 2.45) is 0 Å². The summed E-state index contributed by atoms with van der Waals surface area (Å²) < 4.78 is 0. The van der Waals surface area contributed by atoms with Gasteiger partial charge in [-0.2, -0.15) is 11.3 Å². The summed E-state index contributed by atoms with van der Waals surface area (Å²) in [5, 5.41) is 6.94. The van der Waals surface area contributed by atoms with E-state index in [2.05, 4.69) is 15.3 Å². The van der Waals surface area contributed by atoms with E-state index in [-0.39, 0.29) is 11.9 Å². The predicted molar refractivity (Wildman–Crippen MR) is 80.7 cm³/mol. The van der Waals surface area contributed by atoms with Crippen LogP contribution in [0.25, 0.3) is 11.0 Å². The molecule has 2 aromatic heterocycles. The number of hydrogen-bond acceptors (Lipinski definition) is 3. The van der Waals surface area contributed by atoms with Crippen LogP contribution in [-0.4, -0.2) is 15.9 Å². The first kappa shape index (κ1) is 12.9. The van der Waals surface area contributed by atoms with E-state index >= 15 is 0 Å². The molecule has 4 nitrogen and oxygen atoms in total. The average Bonchev–Trinajstić information content (AvgIpc) is 3.06. The summed E-state index contributed by atoms with van der Waals surface area (Å²) in [5.41, 5.74) is 2.95. The van der Waals surface area contributed by atoms with E-state index in [1.54, 1.807) is 11.3 Å². The lowest BCUT2D eigenvalue weighted by Crippen LogP contribution is -2.28. The van der Waals surface area contributed by atoms with Crippen LogP contribution in [-0.2, 0) is 11.2 Å². The summed E-state index contributed by atoms with van der Waals surface area (Å²) in [6.07, 6.45) is 0.411. The highest BCUT2D eigenvalue weighted by atomic mass is 32.1. The van der Waals surface area contributed by atoms with Crippen LogP contribution in [0.5, 0.6) is 0 Å². The van der Waals surface area contributed by atoms with Gasteiger partial charge in [-0.1, -0.05) is 12.1 Å². The Balaban J connectivity index is 1.69. The maximum absolute atomic E-state index is 12.0. The van der Waals surface area contributed by atoms with Crippen LogP contribution in [0.15, 0.2) is 41.1 Å². The highest BCUT2D eigenvalue weighted by Gasteiger charge is 2.13. The van der Waals surface area contributed by atoms with Crippen LogP contribution >= 0.6 is 11.3 Å². The quantitative estimate of drug-likeness (QED) is 0.774. The van der Waals surface area contributed by atoms with Gasteiger partial charge in [-0.15, -0.1) is 0 Å². The Labute approximate surface area is 120 Å². The van der Waals surface area contributed by atoms with Crippen molar-refractivity contribution in [1.82, 2.24) is 15.3 Å². The first-order valence-electron chi connectivity index (χ1n) is 6.47. The maximum atomic E-state index is 12.0. The molecule has 0 bridgehead atoms. The summed E-state index contributed by atoms with van der Waals surface area (Å²) in [7, 11) is 0. The number of thiophene rings is 1. The fraction of sp³-hybridized carbons (Fsp3) is 0.200. The molecule has 0 aliphatic carbocycles. The summed E-state index contributed by atoms with van der Waals surface area (Å²) in [6, 6.07) is 9.68. The Morgan fingerprint density at radius 2 is 2.25 bits per heavy atom. The number of fused-ring (bicyclic) bond motifs is 1. The van der Waals surface area contributed by atoms with Crippen molar-refractivity contribution in [2.75, 3.05) is 0 Å². The van der Waals surface area contributed by atoms with Crippen molar-refractivity contribution in [3.63, 3.8) is 0 Å². The second kappa shape index (κ2) is 5.46. The number of nitrogens with zero attached hydrogens (tertiary/aromatic N) is 1. The minimum atomic E-state index is -0.131. The molecular weight excluding hydrogens is 270 g/mol. The van der Waals surface area contributed by atoms with Gasteiger partial charge in [0.2, 0.25) is 5.91 Å². The van der Waals surface area contributed by atoms with Crippen LogP contribution in [0.4, 0.5) is 0 Å². The molecule has 0 aliphatic heterocycles. The van der Waals surface area contributed by atoms with Gasteiger partial charge in [0.15, 0.2) is 0 Å². The molecule has 0 saturated heterocycles. The largest absolute Gasteiger partial charge is 0.346 e. The first-order valence-corrected chi connectivity index (χ1v) is 7.42. The molecule has 3 rings (SSSR count). The zero-order valence-corrected chi connectivity index (χ0v) is 11.9. The van der Waals surface area contributed by atoms with E-state index in [1.165, 1.54) is 0 Å². The monoisotopic (exact) mass is 285 g/mol. The van der Waals surface area contributed by atoms with Crippen molar-refractivity contribution in [2.45, 2.75) is 19.4 Å². The Morgan fingerprint density at radius 1 is 1.40 bits per heavy atom. The molecular formula is C15H15N3OS. The lowest BCUT2D eigenvalue weighted by molar-refractivity contribution is -0.121. The van der Waals surface area contributed by atoms with Gasteiger partial charge in [-0.25, -0.2) is 4.98 Å². The van der Waals surface area contributed by atoms with Crippen molar-refractivity contribution in [1.29, 1.82) is 0 Å². The lowest BCUT2D eigenvalue weighted by atomic mass is 10.2. The van der Waals surface area contributed by atoms with E-state index < -0.39 is 0 Å². The molecule has 1 unspecified atom stereocenters. The smallest absolute Gasteiger partial charge is 0.225 e. The van der Waals surface area contributed by atoms with E-state index in [1.807, 2.05) is 48.0 Å². The van der Waals surface area contributed by atoms with Crippen molar-refractivity contribution >= 4 is 28.3 Å². The number of imidazole rings is 1. The van der Waals surface area contributed by atoms with E-state index in [9.17, 15) is 4.79 Å².